The van der Waals surface area contributed by atoms with Gasteiger partial charge in [-0.05, 0) is 13.0 Å². The van der Waals surface area contributed by atoms with Crippen molar-refractivity contribution in [3.05, 3.63) is 24.0 Å². The van der Waals surface area contributed by atoms with Gasteiger partial charge < -0.3 is 14.7 Å². The number of aromatic nitrogens is 4. The number of rotatable bonds is 6. The lowest BCUT2D eigenvalue weighted by Gasteiger charge is -2.33. The van der Waals surface area contributed by atoms with Crippen LogP contribution in [0.2, 0.25) is 0 Å². The van der Waals surface area contributed by atoms with Crippen molar-refractivity contribution >= 4 is 11.8 Å². The number of hydrogen-bond donors (Lipinski definition) is 1. The molecule has 0 radical (unpaired) electrons. The zero-order valence-corrected chi connectivity index (χ0v) is 14.6. The van der Waals surface area contributed by atoms with E-state index in [-0.39, 0.29) is 0 Å². The van der Waals surface area contributed by atoms with Gasteiger partial charge in [-0.15, -0.1) is 0 Å². The molecule has 1 fully saturated rings. The molecule has 0 aromatic carbocycles. The van der Waals surface area contributed by atoms with Crippen molar-refractivity contribution < 1.29 is 4.52 Å². The molecule has 1 aliphatic rings. The summed E-state index contributed by atoms with van der Waals surface area (Å²) in [6.07, 6.45) is 1.80. The number of piperazine rings is 1. The Hall–Kier alpha value is -2.22. The fourth-order valence-corrected chi connectivity index (χ4v) is 2.64. The van der Waals surface area contributed by atoms with E-state index in [0.717, 1.165) is 50.3 Å². The molecule has 0 spiro atoms. The molecule has 0 aliphatic carbocycles. The van der Waals surface area contributed by atoms with Crippen LogP contribution in [-0.2, 0) is 6.54 Å². The Morgan fingerprint density at radius 3 is 2.67 bits per heavy atom. The highest BCUT2D eigenvalue weighted by Crippen LogP contribution is 2.15. The van der Waals surface area contributed by atoms with Gasteiger partial charge in [0.05, 0.1) is 6.54 Å². The molecular formula is C16H25N7O. The molecule has 1 saturated heterocycles. The molecule has 130 valence electrons. The molecule has 8 heteroatoms. The third-order valence-electron chi connectivity index (χ3n) is 4.01. The fourth-order valence-electron chi connectivity index (χ4n) is 2.64. The van der Waals surface area contributed by atoms with Crippen molar-refractivity contribution in [3.8, 4) is 0 Å². The lowest BCUT2D eigenvalue weighted by molar-refractivity contribution is 0.214. The summed E-state index contributed by atoms with van der Waals surface area (Å²) in [4.78, 5) is 17.9. The maximum atomic E-state index is 5.33. The highest BCUT2D eigenvalue weighted by molar-refractivity contribution is 5.41. The number of anilines is 2. The molecule has 0 unspecified atom stereocenters. The minimum absolute atomic E-state index is 0.292. The molecule has 2 aromatic rings. The standard InChI is InChI=1S/C16H25N7O/c1-4-17-13-5-6-18-16(19-13)23-9-7-22(8-10-23)11-14-20-15(12(2)3)21-24-14/h5-6,12H,4,7-11H2,1-3H3,(H,17,18,19). The van der Waals surface area contributed by atoms with Gasteiger partial charge in [-0.3, -0.25) is 4.90 Å². The molecule has 1 aliphatic heterocycles. The minimum atomic E-state index is 0.292. The van der Waals surface area contributed by atoms with E-state index < -0.39 is 0 Å². The minimum Gasteiger partial charge on any atom is -0.370 e. The van der Waals surface area contributed by atoms with Crippen LogP contribution in [-0.4, -0.2) is 57.7 Å². The van der Waals surface area contributed by atoms with Gasteiger partial charge in [0.15, 0.2) is 5.82 Å². The van der Waals surface area contributed by atoms with Crippen LogP contribution in [0, 0.1) is 0 Å². The highest BCUT2D eigenvalue weighted by Gasteiger charge is 2.21. The molecule has 1 N–H and O–H groups in total. The van der Waals surface area contributed by atoms with Crippen LogP contribution in [0.25, 0.3) is 0 Å². The van der Waals surface area contributed by atoms with Crippen LogP contribution in [0.4, 0.5) is 11.8 Å². The number of nitrogens with one attached hydrogen (secondary N) is 1. The van der Waals surface area contributed by atoms with E-state index in [1.54, 1.807) is 6.20 Å². The SMILES string of the molecule is CCNc1ccnc(N2CCN(Cc3nc(C(C)C)no3)CC2)n1. The topological polar surface area (TPSA) is 83.2 Å². The van der Waals surface area contributed by atoms with Crippen LogP contribution in [0.5, 0.6) is 0 Å². The number of nitrogens with zero attached hydrogens (tertiary/aromatic N) is 6. The van der Waals surface area contributed by atoms with Gasteiger partial charge in [0.25, 0.3) is 0 Å². The van der Waals surface area contributed by atoms with Crippen LogP contribution in [0.3, 0.4) is 0 Å². The van der Waals surface area contributed by atoms with E-state index in [1.165, 1.54) is 0 Å². The lowest BCUT2D eigenvalue weighted by Crippen LogP contribution is -2.46. The molecule has 0 saturated carbocycles. The Balaban J connectivity index is 1.54. The molecule has 0 atom stereocenters. The van der Waals surface area contributed by atoms with E-state index in [4.69, 9.17) is 4.52 Å². The summed E-state index contributed by atoms with van der Waals surface area (Å²) >= 11 is 0. The monoisotopic (exact) mass is 331 g/mol. The summed E-state index contributed by atoms with van der Waals surface area (Å²) in [5.41, 5.74) is 0. The summed E-state index contributed by atoms with van der Waals surface area (Å²) in [5, 5.41) is 7.24. The first-order chi connectivity index (χ1) is 11.7. The summed E-state index contributed by atoms with van der Waals surface area (Å²) < 4.78 is 5.33. The van der Waals surface area contributed by atoms with Crippen LogP contribution in [0.15, 0.2) is 16.8 Å². The van der Waals surface area contributed by atoms with Gasteiger partial charge in [-0.2, -0.15) is 9.97 Å². The summed E-state index contributed by atoms with van der Waals surface area (Å²) in [6.45, 7) is 11.4. The molecule has 0 bridgehead atoms. The maximum absolute atomic E-state index is 5.33. The zero-order chi connectivity index (χ0) is 16.9. The van der Waals surface area contributed by atoms with Gasteiger partial charge in [0.1, 0.15) is 5.82 Å². The molecule has 2 aromatic heterocycles. The van der Waals surface area contributed by atoms with Crippen molar-refractivity contribution in [2.24, 2.45) is 0 Å². The molecule has 3 rings (SSSR count). The first kappa shape index (κ1) is 16.6. The van der Waals surface area contributed by atoms with Gasteiger partial charge in [0, 0.05) is 44.8 Å². The first-order valence-corrected chi connectivity index (χ1v) is 8.52. The summed E-state index contributed by atoms with van der Waals surface area (Å²) in [5.74, 6) is 3.42. The quantitative estimate of drug-likeness (QED) is 0.857. The Kier molecular flexibility index (Phi) is 5.24. The summed E-state index contributed by atoms with van der Waals surface area (Å²) in [7, 11) is 0. The van der Waals surface area contributed by atoms with Gasteiger partial charge in [-0.1, -0.05) is 19.0 Å². The first-order valence-electron chi connectivity index (χ1n) is 8.52. The second-order valence-electron chi connectivity index (χ2n) is 6.24. The zero-order valence-electron chi connectivity index (χ0n) is 14.6. The maximum Gasteiger partial charge on any atom is 0.240 e. The van der Waals surface area contributed by atoms with Crippen molar-refractivity contribution in [1.29, 1.82) is 0 Å². The van der Waals surface area contributed by atoms with E-state index in [2.05, 4.69) is 56.0 Å². The largest absolute Gasteiger partial charge is 0.370 e. The second kappa shape index (κ2) is 7.57. The van der Waals surface area contributed by atoms with Crippen molar-refractivity contribution in [2.45, 2.75) is 33.2 Å². The lowest BCUT2D eigenvalue weighted by atomic mass is 10.2. The molecule has 8 nitrogen and oxygen atoms in total. The summed E-state index contributed by atoms with van der Waals surface area (Å²) in [6, 6.07) is 1.89. The van der Waals surface area contributed by atoms with E-state index in [1.807, 2.05) is 6.07 Å². The average Bonchev–Trinajstić information content (AvgIpc) is 3.05. The third-order valence-corrected chi connectivity index (χ3v) is 4.01. The van der Waals surface area contributed by atoms with Crippen molar-refractivity contribution in [1.82, 2.24) is 25.0 Å². The van der Waals surface area contributed by atoms with E-state index in [9.17, 15) is 0 Å². The van der Waals surface area contributed by atoms with Gasteiger partial charge in [-0.25, -0.2) is 4.98 Å². The van der Waals surface area contributed by atoms with Crippen molar-refractivity contribution in [3.63, 3.8) is 0 Å². The smallest absolute Gasteiger partial charge is 0.240 e. The Morgan fingerprint density at radius 2 is 2.00 bits per heavy atom. The molecular weight excluding hydrogens is 306 g/mol. The fraction of sp³-hybridized carbons (Fsp3) is 0.625. The van der Waals surface area contributed by atoms with Gasteiger partial charge >= 0.3 is 0 Å². The third kappa shape index (κ3) is 4.00. The van der Waals surface area contributed by atoms with Crippen LogP contribution >= 0.6 is 0 Å². The van der Waals surface area contributed by atoms with Crippen molar-refractivity contribution in [2.75, 3.05) is 42.9 Å². The van der Waals surface area contributed by atoms with E-state index in [0.29, 0.717) is 18.4 Å². The number of hydrogen-bond acceptors (Lipinski definition) is 8. The molecule has 24 heavy (non-hydrogen) atoms. The Morgan fingerprint density at radius 1 is 1.21 bits per heavy atom. The van der Waals surface area contributed by atoms with Gasteiger partial charge in [0.2, 0.25) is 11.8 Å². The normalized spacial score (nSPS) is 15.9. The predicted molar refractivity (Wildman–Crippen MR) is 92.1 cm³/mol. The average molecular weight is 331 g/mol. The Labute approximate surface area is 142 Å². The van der Waals surface area contributed by atoms with E-state index >= 15 is 0 Å². The predicted octanol–water partition coefficient (Wildman–Crippen LogP) is 1.74. The van der Waals surface area contributed by atoms with Crippen LogP contribution in [0.1, 0.15) is 38.4 Å². The molecule has 0 amide bonds. The highest BCUT2D eigenvalue weighted by atomic mass is 16.5. The van der Waals surface area contributed by atoms with Crippen LogP contribution < -0.4 is 10.2 Å². The Bertz CT molecular complexity index is 649. The molecule has 3 heterocycles. The second-order valence-corrected chi connectivity index (χ2v) is 6.24.